The minimum atomic E-state index is -0.415. The first kappa shape index (κ1) is 43.5. The lowest BCUT2D eigenvalue weighted by Gasteiger charge is -2.45. The van der Waals surface area contributed by atoms with Gasteiger partial charge in [-0.3, -0.25) is 0 Å². The summed E-state index contributed by atoms with van der Waals surface area (Å²) >= 11 is 0. The Hall–Kier alpha value is -7.76. The van der Waals surface area contributed by atoms with Crippen LogP contribution in [0.4, 0.5) is 51.2 Å². The number of furan rings is 1. The molecule has 0 saturated carbocycles. The molecule has 2 aliphatic heterocycles. The molecule has 0 aliphatic carbocycles. The zero-order valence-electron chi connectivity index (χ0n) is 51.3. The molecule has 0 saturated heterocycles. The lowest BCUT2D eigenvalue weighted by atomic mass is 9.33. The molecule has 10 aromatic rings. The van der Waals surface area contributed by atoms with E-state index >= 15 is 0 Å². The number of fused-ring (bicyclic) bond motifs is 7. The third-order valence-electron chi connectivity index (χ3n) is 15.8. The Labute approximate surface area is 458 Å². The predicted molar refractivity (Wildman–Crippen MR) is 327 cm³/mol. The summed E-state index contributed by atoms with van der Waals surface area (Å²) in [6, 6.07) is 56.5. The van der Waals surface area contributed by atoms with Gasteiger partial charge in [0.15, 0.2) is 0 Å². The van der Waals surface area contributed by atoms with Crippen LogP contribution in [0.25, 0.3) is 33.1 Å². The maximum Gasteiger partial charge on any atom is 0.252 e. The molecule has 1 aromatic heterocycles. The van der Waals surface area contributed by atoms with Gasteiger partial charge in [-0.25, -0.2) is 0 Å². The number of rotatable bonds is 6. The Kier molecular flexibility index (Phi) is 10.1. The van der Waals surface area contributed by atoms with E-state index in [4.69, 9.17) is 11.3 Å². The fourth-order valence-corrected chi connectivity index (χ4v) is 11.5. The largest absolute Gasteiger partial charge is 0.456 e. The monoisotopic (exact) mass is 997 g/mol. The van der Waals surface area contributed by atoms with Gasteiger partial charge < -0.3 is 19.1 Å². The topological polar surface area (TPSA) is 22.9 Å². The molecular weight excluding hydrogens is 922 g/mol. The van der Waals surface area contributed by atoms with E-state index < -0.39 is 6.04 Å². The second-order valence-electron chi connectivity index (χ2n) is 25.3. The van der Waals surface area contributed by atoms with Gasteiger partial charge in [-0.2, -0.15) is 0 Å². The van der Waals surface area contributed by atoms with Crippen molar-refractivity contribution in [1.82, 2.24) is 0 Å². The van der Waals surface area contributed by atoms with Crippen LogP contribution in [0.3, 0.4) is 0 Å². The van der Waals surface area contributed by atoms with Crippen LogP contribution in [-0.4, -0.2) is 6.71 Å². The van der Waals surface area contributed by atoms with Crippen LogP contribution in [0.5, 0.6) is 0 Å². The fraction of sp³-hybridized carbons (Fsp3) is 0.239. The van der Waals surface area contributed by atoms with E-state index in [1.165, 1.54) is 38.6 Å². The molecule has 5 heteroatoms. The Morgan fingerprint density at radius 1 is 0.408 bits per heavy atom. The van der Waals surface area contributed by atoms with Crippen molar-refractivity contribution in [3.05, 3.63) is 216 Å². The summed E-state index contributed by atoms with van der Waals surface area (Å²) in [5.41, 5.74) is 21.3. The molecule has 3 heterocycles. The van der Waals surface area contributed by atoms with Crippen molar-refractivity contribution in [2.45, 2.75) is 112 Å². The highest BCUT2D eigenvalue weighted by atomic mass is 16.3. The van der Waals surface area contributed by atoms with Gasteiger partial charge in [-0.05, 0) is 181 Å². The summed E-state index contributed by atoms with van der Waals surface area (Å²) in [7, 11) is 0. The van der Waals surface area contributed by atoms with Gasteiger partial charge in [0.05, 0.1) is 6.85 Å². The highest BCUT2D eigenvalue weighted by Crippen LogP contribution is 2.48. The number of benzene rings is 9. The molecule has 12 rings (SSSR count). The van der Waals surface area contributed by atoms with Gasteiger partial charge in [0.2, 0.25) is 0 Å². The summed E-state index contributed by atoms with van der Waals surface area (Å²) in [6.07, 6.45) is 0. The summed E-state index contributed by atoms with van der Waals surface area (Å²) in [5.74, 6) is 0. The van der Waals surface area contributed by atoms with E-state index in [1.807, 2.05) is 18.2 Å². The van der Waals surface area contributed by atoms with E-state index in [2.05, 4.69) is 238 Å². The van der Waals surface area contributed by atoms with Crippen LogP contribution in [0.2, 0.25) is 0 Å². The minimum absolute atomic E-state index is 0.000422. The van der Waals surface area contributed by atoms with E-state index in [9.17, 15) is 0 Å². The molecule has 0 N–H and O–H groups in total. The van der Waals surface area contributed by atoms with E-state index in [1.54, 1.807) is 6.07 Å². The van der Waals surface area contributed by atoms with Crippen molar-refractivity contribution in [3.8, 4) is 11.1 Å². The molecule has 0 spiro atoms. The standard InChI is InChI=1S/C71H70BN3O/c1-45-39-63-67-64(40-45)75(55-34-38-66-58(43-55)57-41-47(19-37-65(57)76-66)46-17-15-14-16-18-46)61-36-26-51(71(11,12)13)42-60(61)72(67)59-35-33-56(44-62(59)74(63)54-31-24-50(25-32-54)70(8,9)10)73(52-27-20-48(21-28-52)68(2,3)4)53-29-22-49(23-30-53)69(5,6)7/h14-44H,1-13H3/i14D,15D,16D,17D,18D. The van der Waals surface area contributed by atoms with Gasteiger partial charge >= 0.3 is 0 Å². The number of nitrogens with zero attached hydrogens (tertiary/aromatic N) is 3. The minimum Gasteiger partial charge on any atom is -0.456 e. The highest BCUT2D eigenvalue weighted by molar-refractivity contribution is 7.00. The van der Waals surface area contributed by atoms with Crippen LogP contribution in [-0.2, 0) is 21.7 Å². The molecule has 0 radical (unpaired) electrons. The van der Waals surface area contributed by atoms with Crippen LogP contribution < -0.4 is 31.1 Å². The van der Waals surface area contributed by atoms with E-state index in [0.717, 1.165) is 67.5 Å². The van der Waals surface area contributed by atoms with Gasteiger partial charge in [0, 0.05) is 62.0 Å². The van der Waals surface area contributed by atoms with Gasteiger partial charge in [-0.15, -0.1) is 0 Å². The van der Waals surface area contributed by atoms with Crippen LogP contribution >= 0.6 is 0 Å². The molecule has 2 aliphatic rings. The van der Waals surface area contributed by atoms with Gasteiger partial charge in [-0.1, -0.05) is 174 Å². The number of aryl methyl sites for hydroxylation is 1. The van der Waals surface area contributed by atoms with Crippen LogP contribution in [0.1, 0.15) is 118 Å². The summed E-state index contributed by atoms with van der Waals surface area (Å²) < 4.78 is 49.3. The molecule has 9 aromatic carbocycles. The second-order valence-corrected chi connectivity index (χ2v) is 25.3. The Balaban J connectivity index is 1.10. The molecule has 0 unspecified atom stereocenters. The first-order chi connectivity index (χ1) is 38.2. The summed E-state index contributed by atoms with van der Waals surface area (Å²) in [6.45, 7) is 29.3. The normalized spacial score (nSPS) is 14.4. The van der Waals surface area contributed by atoms with Crippen molar-refractivity contribution in [3.63, 3.8) is 0 Å². The predicted octanol–water partition coefficient (Wildman–Crippen LogP) is 18.3. The molecule has 0 atom stereocenters. The number of hydrogen-bond donors (Lipinski definition) is 0. The maximum atomic E-state index is 8.83. The molecule has 0 amide bonds. The third kappa shape index (κ3) is 8.49. The van der Waals surface area contributed by atoms with Crippen LogP contribution in [0, 0.1) is 6.92 Å². The van der Waals surface area contributed by atoms with Gasteiger partial charge in [0.25, 0.3) is 6.71 Å². The molecule has 0 bridgehead atoms. The van der Waals surface area contributed by atoms with Gasteiger partial charge in [0.1, 0.15) is 11.2 Å². The van der Waals surface area contributed by atoms with Crippen molar-refractivity contribution in [2.75, 3.05) is 14.7 Å². The molecule has 0 fully saturated rings. The zero-order valence-corrected chi connectivity index (χ0v) is 46.3. The lowest BCUT2D eigenvalue weighted by molar-refractivity contribution is 0.590. The van der Waals surface area contributed by atoms with Crippen LogP contribution in [0.15, 0.2) is 192 Å². The lowest BCUT2D eigenvalue weighted by Crippen LogP contribution is -2.61. The molecule has 4 nitrogen and oxygen atoms in total. The quantitative estimate of drug-likeness (QED) is 0.155. The molecule has 76 heavy (non-hydrogen) atoms. The van der Waals surface area contributed by atoms with Crippen molar-refractivity contribution < 1.29 is 11.3 Å². The first-order valence-corrected chi connectivity index (χ1v) is 26.9. The summed E-state index contributed by atoms with van der Waals surface area (Å²) in [4.78, 5) is 7.34. The SMILES string of the molecule is [2H]c1c([2H])c([2H])c(-c2ccc3oc4ccc(N5c6ccc(C(C)(C)C)cc6B6c7ccc(N(c8ccc(C(C)(C)C)cc8)c8ccc(C(C)(C)C)cc8)cc7N(c7ccc(C(C)(C)C)cc7)c7cc(C)cc5c76)cc4c3c2)c([2H])c1[2H]. The van der Waals surface area contributed by atoms with Crippen molar-refractivity contribution in [2.24, 2.45) is 0 Å². The Morgan fingerprint density at radius 3 is 1.46 bits per heavy atom. The third-order valence-corrected chi connectivity index (χ3v) is 15.8. The molecular formula is C71H70BN3O. The summed E-state index contributed by atoms with van der Waals surface area (Å²) in [5, 5.41) is 1.65. The van der Waals surface area contributed by atoms with Crippen molar-refractivity contribution >= 4 is 96.2 Å². The Morgan fingerprint density at radius 2 is 0.895 bits per heavy atom. The average Bonchev–Trinajstić information content (AvgIpc) is 2.91. The average molecular weight is 997 g/mol. The smallest absolute Gasteiger partial charge is 0.252 e. The van der Waals surface area contributed by atoms with E-state index in [0.29, 0.717) is 16.7 Å². The number of hydrogen-bond acceptors (Lipinski definition) is 4. The van der Waals surface area contributed by atoms with E-state index in [-0.39, 0.29) is 58.1 Å². The maximum absolute atomic E-state index is 8.83. The number of anilines is 9. The highest BCUT2D eigenvalue weighted by Gasteiger charge is 2.44. The van der Waals surface area contributed by atoms with Crippen molar-refractivity contribution in [1.29, 1.82) is 0 Å². The fourth-order valence-electron chi connectivity index (χ4n) is 11.5. The zero-order chi connectivity index (χ0) is 57.6. The molecule has 378 valence electrons. The second kappa shape index (κ2) is 17.7. The Bertz CT molecular complexity index is 4090. The first-order valence-electron chi connectivity index (χ1n) is 29.4.